The van der Waals surface area contributed by atoms with Crippen LogP contribution in [0.1, 0.15) is 51.1 Å². The fourth-order valence-electron chi connectivity index (χ4n) is 4.04. The maximum atomic E-state index is 12.8. The summed E-state index contributed by atoms with van der Waals surface area (Å²) < 4.78 is 28.3. The number of aromatic nitrogens is 1. The highest BCUT2D eigenvalue weighted by atomic mass is 32.2. The van der Waals surface area contributed by atoms with E-state index in [2.05, 4.69) is 9.71 Å². The summed E-state index contributed by atoms with van der Waals surface area (Å²) in [5, 5.41) is 1.69. The average molecular weight is 408 g/mol. The second kappa shape index (κ2) is 7.69. The van der Waals surface area contributed by atoms with Crippen LogP contribution in [0.15, 0.2) is 46.1 Å². The predicted molar refractivity (Wildman–Crippen MR) is 106 cm³/mol. The van der Waals surface area contributed by atoms with Crippen molar-refractivity contribution in [3.05, 3.63) is 47.6 Å². The first-order chi connectivity index (χ1) is 12.8. The van der Waals surface area contributed by atoms with Gasteiger partial charge < -0.3 is 5.73 Å². The van der Waals surface area contributed by atoms with Gasteiger partial charge in [-0.3, -0.25) is 9.78 Å². The maximum absolute atomic E-state index is 12.8. The summed E-state index contributed by atoms with van der Waals surface area (Å²) in [6.07, 6.45) is 6.90. The highest BCUT2D eigenvalue weighted by molar-refractivity contribution is 7.91. The first-order valence-electron chi connectivity index (χ1n) is 9.06. The molecule has 1 aliphatic carbocycles. The summed E-state index contributed by atoms with van der Waals surface area (Å²) in [6.45, 7) is 1.58. The van der Waals surface area contributed by atoms with Crippen molar-refractivity contribution in [2.75, 3.05) is 0 Å². The van der Waals surface area contributed by atoms with Crippen LogP contribution >= 0.6 is 11.3 Å². The number of pyridine rings is 1. The van der Waals surface area contributed by atoms with Crippen molar-refractivity contribution in [2.24, 2.45) is 5.73 Å². The molecule has 0 aromatic carbocycles. The van der Waals surface area contributed by atoms with E-state index in [-0.39, 0.29) is 16.0 Å². The molecule has 1 unspecified atom stereocenters. The molecule has 3 rings (SSSR count). The Bertz CT molecular complexity index is 876. The minimum Gasteiger partial charge on any atom is -0.368 e. The number of rotatable bonds is 7. The van der Waals surface area contributed by atoms with E-state index in [4.69, 9.17) is 5.73 Å². The monoisotopic (exact) mass is 407 g/mol. The van der Waals surface area contributed by atoms with Crippen LogP contribution in [0.5, 0.6) is 0 Å². The Kier molecular flexibility index (Phi) is 5.69. The highest BCUT2D eigenvalue weighted by Crippen LogP contribution is 2.44. The van der Waals surface area contributed by atoms with Crippen LogP contribution in [-0.2, 0) is 20.2 Å². The molecule has 0 spiro atoms. The first-order valence-corrected chi connectivity index (χ1v) is 11.4. The smallest absolute Gasteiger partial charge is 0.251 e. The highest BCUT2D eigenvalue weighted by Gasteiger charge is 2.46. The van der Waals surface area contributed by atoms with Crippen LogP contribution in [0, 0.1) is 0 Å². The molecule has 27 heavy (non-hydrogen) atoms. The molecule has 0 aliphatic heterocycles. The van der Waals surface area contributed by atoms with Gasteiger partial charge in [0.25, 0.3) is 10.0 Å². The first kappa shape index (κ1) is 20.0. The van der Waals surface area contributed by atoms with Crippen molar-refractivity contribution in [3.63, 3.8) is 0 Å². The summed E-state index contributed by atoms with van der Waals surface area (Å²) in [6, 6.07) is 8.92. The Hall–Kier alpha value is -1.77. The molecule has 1 fully saturated rings. The average Bonchev–Trinajstić information content (AvgIpc) is 3.18. The fourth-order valence-corrected chi connectivity index (χ4v) is 6.41. The number of thiophene rings is 1. The van der Waals surface area contributed by atoms with Crippen molar-refractivity contribution in [1.82, 2.24) is 9.71 Å². The van der Waals surface area contributed by atoms with Gasteiger partial charge in [-0.15, -0.1) is 11.3 Å². The van der Waals surface area contributed by atoms with Gasteiger partial charge in [-0.05, 0) is 49.8 Å². The number of sulfonamides is 1. The van der Waals surface area contributed by atoms with E-state index in [1.54, 1.807) is 24.6 Å². The molecule has 0 bridgehead atoms. The SMILES string of the molecule is CC(CC1(c2ccccn2)CCCCC1)(NS(=O)(=O)c1cccs1)C(N)=O. The number of hydrogen-bond donors (Lipinski definition) is 2. The van der Waals surface area contributed by atoms with Crippen LogP contribution < -0.4 is 10.5 Å². The molecule has 0 saturated heterocycles. The molecule has 146 valence electrons. The zero-order chi connectivity index (χ0) is 19.5. The van der Waals surface area contributed by atoms with Crippen LogP contribution in [0.2, 0.25) is 0 Å². The maximum Gasteiger partial charge on any atom is 0.251 e. The predicted octanol–water partition coefficient (Wildman–Crippen LogP) is 2.96. The van der Waals surface area contributed by atoms with Gasteiger partial charge in [-0.1, -0.05) is 31.4 Å². The Morgan fingerprint density at radius 2 is 2.00 bits per heavy atom. The van der Waals surface area contributed by atoms with E-state index in [1.165, 1.54) is 6.07 Å². The van der Waals surface area contributed by atoms with Gasteiger partial charge in [-0.25, -0.2) is 8.42 Å². The number of nitrogens with one attached hydrogen (secondary N) is 1. The van der Waals surface area contributed by atoms with Gasteiger partial charge in [0.2, 0.25) is 5.91 Å². The lowest BCUT2D eigenvalue weighted by atomic mass is 9.65. The lowest BCUT2D eigenvalue weighted by molar-refractivity contribution is -0.124. The van der Waals surface area contributed by atoms with Gasteiger partial charge in [0, 0.05) is 17.3 Å². The molecule has 1 aliphatic rings. The molecule has 8 heteroatoms. The Labute approximate surface area is 164 Å². The molecule has 2 aromatic heterocycles. The van der Waals surface area contributed by atoms with Crippen molar-refractivity contribution in [1.29, 1.82) is 0 Å². The number of primary amides is 1. The van der Waals surface area contributed by atoms with Gasteiger partial charge in [0.15, 0.2) is 0 Å². The normalized spacial score (nSPS) is 19.3. The third kappa shape index (κ3) is 4.23. The third-order valence-corrected chi connectivity index (χ3v) is 8.37. The number of carbonyl (C=O) groups excluding carboxylic acids is 1. The topological polar surface area (TPSA) is 102 Å². The number of nitrogens with zero attached hydrogens (tertiary/aromatic N) is 1. The Morgan fingerprint density at radius 1 is 1.26 bits per heavy atom. The van der Waals surface area contributed by atoms with Gasteiger partial charge in [0.1, 0.15) is 9.75 Å². The van der Waals surface area contributed by atoms with Crippen LogP contribution in [-0.4, -0.2) is 24.8 Å². The minimum absolute atomic E-state index is 0.172. The fraction of sp³-hybridized carbons (Fsp3) is 0.474. The van der Waals surface area contributed by atoms with Gasteiger partial charge in [0.05, 0.1) is 0 Å². The van der Waals surface area contributed by atoms with Gasteiger partial charge >= 0.3 is 0 Å². The summed E-state index contributed by atoms with van der Waals surface area (Å²) >= 11 is 1.11. The summed E-state index contributed by atoms with van der Waals surface area (Å²) in [4.78, 5) is 16.9. The van der Waals surface area contributed by atoms with E-state index in [9.17, 15) is 13.2 Å². The standard InChI is InChI=1S/C19H25N3O3S2/c1-18(17(20)23,22-27(24,25)16-9-7-13-26-16)14-19(10-4-2-5-11-19)15-8-3-6-12-21-15/h3,6-9,12-13,22H,2,4-5,10-11,14H2,1H3,(H2,20,23). The summed E-state index contributed by atoms with van der Waals surface area (Å²) in [5.74, 6) is -0.677. The lowest BCUT2D eigenvalue weighted by Crippen LogP contribution is -2.58. The van der Waals surface area contributed by atoms with E-state index in [0.717, 1.165) is 49.1 Å². The molecule has 0 radical (unpaired) electrons. The van der Waals surface area contributed by atoms with Crippen LogP contribution in [0.25, 0.3) is 0 Å². The molecule has 1 atom stereocenters. The largest absolute Gasteiger partial charge is 0.368 e. The molecule has 2 heterocycles. The quantitative estimate of drug-likeness (QED) is 0.736. The second-order valence-electron chi connectivity index (χ2n) is 7.47. The molecule has 3 N–H and O–H groups in total. The number of nitrogens with two attached hydrogens (primary N) is 1. The van der Waals surface area contributed by atoms with Crippen molar-refractivity contribution >= 4 is 27.3 Å². The van der Waals surface area contributed by atoms with Gasteiger partial charge in [-0.2, -0.15) is 4.72 Å². The second-order valence-corrected chi connectivity index (χ2v) is 10.3. The van der Waals surface area contributed by atoms with E-state index in [1.807, 2.05) is 18.2 Å². The Balaban J connectivity index is 1.97. The number of carbonyl (C=O) groups is 1. The third-order valence-electron chi connectivity index (χ3n) is 5.37. The van der Waals surface area contributed by atoms with Crippen molar-refractivity contribution in [3.8, 4) is 0 Å². The van der Waals surface area contributed by atoms with Crippen molar-refractivity contribution < 1.29 is 13.2 Å². The Morgan fingerprint density at radius 3 is 2.56 bits per heavy atom. The number of amides is 1. The molecule has 1 saturated carbocycles. The van der Waals surface area contributed by atoms with Crippen molar-refractivity contribution in [2.45, 2.75) is 60.6 Å². The van der Waals surface area contributed by atoms with E-state index in [0.29, 0.717) is 0 Å². The molecule has 1 amide bonds. The molecule has 6 nitrogen and oxygen atoms in total. The summed E-state index contributed by atoms with van der Waals surface area (Å²) in [5.41, 5.74) is 4.82. The molecule has 2 aromatic rings. The molecular formula is C19H25N3O3S2. The molecular weight excluding hydrogens is 382 g/mol. The van der Waals surface area contributed by atoms with E-state index < -0.39 is 21.5 Å². The minimum atomic E-state index is -3.83. The number of hydrogen-bond acceptors (Lipinski definition) is 5. The lowest BCUT2D eigenvalue weighted by Gasteiger charge is -2.42. The zero-order valence-electron chi connectivity index (χ0n) is 15.3. The zero-order valence-corrected chi connectivity index (χ0v) is 17.0. The van der Waals surface area contributed by atoms with E-state index >= 15 is 0 Å². The summed E-state index contributed by atoms with van der Waals surface area (Å²) in [7, 11) is -3.83. The van der Waals surface area contributed by atoms with Crippen LogP contribution in [0.4, 0.5) is 0 Å². The van der Waals surface area contributed by atoms with Crippen LogP contribution in [0.3, 0.4) is 0 Å².